The van der Waals surface area contributed by atoms with Crippen molar-refractivity contribution < 1.29 is 9.59 Å². The molecule has 0 unspecified atom stereocenters. The highest BCUT2D eigenvalue weighted by Gasteiger charge is 2.34. The van der Waals surface area contributed by atoms with Crippen LogP contribution in [-0.2, 0) is 9.59 Å². The Kier molecular flexibility index (Phi) is 6.06. The van der Waals surface area contributed by atoms with Crippen LogP contribution in [0.25, 0.3) is 0 Å². The molecule has 2 N–H and O–H groups in total. The molecule has 5 heteroatoms. The van der Waals surface area contributed by atoms with Crippen LogP contribution < -0.4 is 5.73 Å². The second-order valence-electron chi connectivity index (χ2n) is 8.34. The van der Waals surface area contributed by atoms with Gasteiger partial charge in [-0.2, -0.15) is 0 Å². The van der Waals surface area contributed by atoms with Crippen molar-refractivity contribution in [1.82, 2.24) is 9.80 Å². The van der Waals surface area contributed by atoms with Gasteiger partial charge in [-0.1, -0.05) is 20.8 Å². The second kappa shape index (κ2) is 7.65. The average Bonchev–Trinajstić information content (AvgIpc) is 2.71. The fourth-order valence-electron chi connectivity index (χ4n) is 4.03. The average molecular weight is 323 g/mol. The molecule has 132 valence electrons. The van der Waals surface area contributed by atoms with Crippen LogP contribution in [0.3, 0.4) is 0 Å². The smallest absolute Gasteiger partial charge is 0.231 e. The Morgan fingerprint density at radius 3 is 2.22 bits per heavy atom. The van der Waals surface area contributed by atoms with Gasteiger partial charge < -0.3 is 10.6 Å². The van der Waals surface area contributed by atoms with E-state index in [9.17, 15) is 9.59 Å². The number of carbonyl (C=O) groups is 2. The Morgan fingerprint density at radius 1 is 1.00 bits per heavy atom. The number of rotatable bonds is 3. The summed E-state index contributed by atoms with van der Waals surface area (Å²) in [6, 6.07) is 0. The zero-order valence-electron chi connectivity index (χ0n) is 15.0. The molecule has 1 saturated carbocycles. The summed E-state index contributed by atoms with van der Waals surface area (Å²) in [6.45, 7) is 10.4. The standard InChI is InChI=1S/C18H33N3O2/c1-18(2,3)15-7-5-14(6-8-15)17(23)21-10-4-9-20(11-12-21)13-16(19)22/h14-15H,4-13H2,1-3H3,(H2,19,22). The summed E-state index contributed by atoms with van der Waals surface area (Å²) in [7, 11) is 0. The van der Waals surface area contributed by atoms with Crippen molar-refractivity contribution in [3.8, 4) is 0 Å². The van der Waals surface area contributed by atoms with Crippen molar-refractivity contribution in [3.63, 3.8) is 0 Å². The van der Waals surface area contributed by atoms with Gasteiger partial charge in [-0.3, -0.25) is 14.5 Å². The van der Waals surface area contributed by atoms with Gasteiger partial charge in [0.2, 0.25) is 11.8 Å². The van der Waals surface area contributed by atoms with Crippen LogP contribution in [0.15, 0.2) is 0 Å². The SMILES string of the molecule is CC(C)(C)C1CCC(C(=O)N2CCCN(CC(N)=O)CC2)CC1. The lowest BCUT2D eigenvalue weighted by Crippen LogP contribution is -2.41. The van der Waals surface area contributed by atoms with Crippen molar-refractivity contribution >= 4 is 11.8 Å². The summed E-state index contributed by atoms with van der Waals surface area (Å²) in [5.41, 5.74) is 5.63. The van der Waals surface area contributed by atoms with E-state index in [1.165, 1.54) is 12.8 Å². The van der Waals surface area contributed by atoms with E-state index in [0.717, 1.165) is 51.4 Å². The third kappa shape index (κ3) is 5.20. The van der Waals surface area contributed by atoms with E-state index >= 15 is 0 Å². The molecule has 0 bridgehead atoms. The molecular weight excluding hydrogens is 290 g/mol. The van der Waals surface area contributed by atoms with E-state index in [-0.39, 0.29) is 11.8 Å². The molecule has 0 radical (unpaired) electrons. The highest BCUT2D eigenvalue weighted by Crippen LogP contribution is 2.40. The molecule has 2 aliphatic rings. The summed E-state index contributed by atoms with van der Waals surface area (Å²) >= 11 is 0. The van der Waals surface area contributed by atoms with Crippen LogP contribution >= 0.6 is 0 Å². The van der Waals surface area contributed by atoms with Crippen molar-refractivity contribution in [1.29, 1.82) is 0 Å². The van der Waals surface area contributed by atoms with Crippen molar-refractivity contribution in [3.05, 3.63) is 0 Å². The van der Waals surface area contributed by atoms with E-state index in [2.05, 4.69) is 25.7 Å². The van der Waals surface area contributed by atoms with E-state index in [4.69, 9.17) is 5.73 Å². The molecule has 23 heavy (non-hydrogen) atoms. The summed E-state index contributed by atoms with van der Waals surface area (Å²) in [5.74, 6) is 0.988. The van der Waals surface area contributed by atoms with Gasteiger partial charge in [0.25, 0.3) is 0 Å². The maximum atomic E-state index is 12.8. The third-order valence-corrected chi connectivity index (χ3v) is 5.58. The predicted octanol–water partition coefficient (Wildman–Crippen LogP) is 1.86. The van der Waals surface area contributed by atoms with Crippen LogP contribution in [0.4, 0.5) is 0 Å². The number of nitrogens with zero attached hydrogens (tertiary/aromatic N) is 2. The van der Waals surface area contributed by atoms with E-state index in [1.807, 2.05) is 4.90 Å². The molecule has 1 aliphatic heterocycles. The Balaban J connectivity index is 1.83. The van der Waals surface area contributed by atoms with Crippen LogP contribution in [-0.4, -0.2) is 54.3 Å². The lowest BCUT2D eigenvalue weighted by atomic mass is 9.69. The summed E-state index contributed by atoms with van der Waals surface area (Å²) in [4.78, 5) is 27.9. The van der Waals surface area contributed by atoms with Crippen molar-refractivity contribution in [2.75, 3.05) is 32.7 Å². The number of hydrogen-bond acceptors (Lipinski definition) is 3. The Labute approximate surface area is 140 Å². The molecule has 0 aromatic rings. The molecule has 0 atom stereocenters. The Bertz CT molecular complexity index is 422. The minimum Gasteiger partial charge on any atom is -0.369 e. The molecule has 2 fully saturated rings. The second-order valence-corrected chi connectivity index (χ2v) is 8.34. The predicted molar refractivity (Wildman–Crippen MR) is 91.7 cm³/mol. The molecule has 2 amide bonds. The molecule has 0 spiro atoms. The molecule has 1 saturated heterocycles. The first-order chi connectivity index (χ1) is 10.8. The topological polar surface area (TPSA) is 66.6 Å². The normalized spacial score (nSPS) is 27.5. The van der Waals surface area contributed by atoms with Gasteiger partial charge in [0.1, 0.15) is 0 Å². The van der Waals surface area contributed by atoms with Gasteiger partial charge in [0.15, 0.2) is 0 Å². The summed E-state index contributed by atoms with van der Waals surface area (Å²) < 4.78 is 0. The van der Waals surface area contributed by atoms with Crippen LogP contribution in [0, 0.1) is 17.3 Å². The molecule has 5 nitrogen and oxygen atoms in total. The Morgan fingerprint density at radius 2 is 1.65 bits per heavy atom. The molecule has 1 aliphatic carbocycles. The van der Waals surface area contributed by atoms with Crippen LogP contribution in [0.1, 0.15) is 52.9 Å². The summed E-state index contributed by atoms with van der Waals surface area (Å²) in [5, 5.41) is 0. The van der Waals surface area contributed by atoms with Crippen LogP contribution in [0.5, 0.6) is 0 Å². The first-order valence-electron chi connectivity index (χ1n) is 9.07. The molecular formula is C18H33N3O2. The number of primary amides is 1. The fourth-order valence-corrected chi connectivity index (χ4v) is 4.03. The van der Waals surface area contributed by atoms with Gasteiger partial charge in [-0.05, 0) is 43.4 Å². The number of nitrogens with two attached hydrogens (primary N) is 1. The van der Waals surface area contributed by atoms with E-state index in [1.54, 1.807) is 0 Å². The largest absolute Gasteiger partial charge is 0.369 e. The highest BCUT2D eigenvalue weighted by atomic mass is 16.2. The number of hydrogen-bond donors (Lipinski definition) is 1. The molecule has 0 aromatic heterocycles. The number of amides is 2. The van der Waals surface area contributed by atoms with E-state index in [0.29, 0.717) is 17.9 Å². The minimum atomic E-state index is -0.287. The lowest BCUT2D eigenvalue weighted by Gasteiger charge is -2.37. The number of carbonyl (C=O) groups excluding carboxylic acids is 2. The minimum absolute atomic E-state index is 0.205. The summed E-state index contributed by atoms with van der Waals surface area (Å²) in [6.07, 6.45) is 5.32. The first kappa shape index (κ1) is 18.2. The van der Waals surface area contributed by atoms with Gasteiger partial charge in [-0.15, -0.1) is 0 Å². The molecule has 2 rings (SSSR count). The monoisotopic (exact) mass is 323 g/mol. The highest BCUT2D eigenvalue weighted by molar-refractivity contribution is 5.79. The van der Waals surface area contributed by atoms with Gasteiger partial charge in [-0.25, -0.2) is 0 Å². The fraction of sp³-hybridized carbons (Fsp3) is 0.889. The maximum Gasteiger partial charge on any atom is 0.231 e. The lowest BCUT2D eigenvalue weighted by molar-refractivity contribution is -0.137. The van der Waals surface area contributed by atoms with Gasteiger partial charge in [0.05, 0.1) is 6.54 Å². The van der Waals surface area contributed by atoms with Gasteiger partial charge in [0, 0.05) is 32.1 Å². The zero-order chi connectivity index (χ0) is 17.0. The van der Waals surface area contributed by atoms with Crippen LogP contribution in [0.2, 0.25) is 0 Å². The van der Waals surface area contributed by atoms with Crippen molar-refractivity contribution in [2.24, 2.45) is 23.0 Å². The Hall–Kier alpha value is -1.10. The zero-order valence-corrected chi connectivity index (χ0v) is 15.0. The maximum absolute atomic E-state index is 12.8. The van der Waals surface area contributed by atoms with Crippen molar-refractivity contribution in [2.45, 2.75) is 52.9 Å². The van der Waals surface area contributed by atoms with E-state index < -0.39 is 0 Å². The quantitative estimate of drug-likeness (QED) is 0.862. The van der Waals surface area contributed by atoms with Gasteiger partial charge >= 0.3 is 0 Å². The third-order valence-electron chi connectivity index (χ3n) is 5.58. The first-order valence-corrected chi connectivity index (χ1v) is 9.07. The molecule has 0 aromatic carbocycles. The molecule has 1 heterocycles.